The number of aliphatic carboxylic acids is 1. The fourth-order valence-corrected chi connectivity index (χ4v) is 6.66. The van der Waals surface area contributed by atoms with Gasteiger partial charge in [0.15, 0.2) is 11.5 Å². The summed E-state index contributed by atoms with van der Waals surface area (Å²) in [5.74, 6) is 0.326. The highest BCUT2D eigenvalue weighted by atomic mass is 16.5. The first-order chi connectivity index (χ1) is 18.2. The summed E-state index contributed by atoms with van der Waals surface area (Å²) >= 11 is 0. The molecule has 8 heteroatoms. The van der Waals surface area contributed by atoms with Crippen molar-refractivity contribution in [2.75, 3.05) is 19.7 Å². The third-order valence-electron chi connectivity index (χ3n) is 8.87. The van der Waals surface area contributed by atoms with E-state index in [1.807, 2.05) is 49.1 Å². The Labute approximate surface area is 221 Å². The number of carbonyl (C=O) groups is 2. The summed E-state index contributed by atoms with van der Waals surface area (Å²) in [6.07, 6.45) is 2.43. The van der Waals surface area contributed by atoms with Crippen LogP contribution in [-0.4, -0.2) is 52.3 Å². The van der Waals surface area contributed by atoms with Crippen molar-refractivity contribution in [3.8, 4) is 11.5 Å². The number of benzene rings is 2. The van der Waals surface area contributed by atoms with Crippen molar-refractivity contribution in [1.82, 2.24) is 4.90 Å². The molecule has 0 saturated carbocycles. The van der Waals surface area contributed by atoms with Gasteiger partial charge in [0.2, 0.25) is 0 Å². The number of hydrogen-bond donors (Lipinski definition) is 2. The molecule has 2 aromatic carbocycles. The van der Waals surface area contributed by atoms with Crippen molar-refractivity contribution >= 4 is 22.8 Å². The predicted molar refractivity (Wildman–Crippen MR) is 139 cm³/mol. The second-order valence-electron chi connectivity index (χ2n) is 11.4. The van der Waals surface area contributed by atoms with Crippen molar-refractivity contribution in [2.24, 2.45) is 11.3 Å². The molecular weight excluding hydrogens is 486 g/mol. The minimum absolute atomic E-state index is 0.0203. The van der Waals surface area contributed by atoms with E-state index >= 15 is 0 Å². The minimum Gasteiger partial charge on any atom is -0.504 e. The molecule has 0 unspecified atom stereocenters. The molecule has 6 rings (SSSR count). The molecule has 2 saturated heterocycles. The van der Waals surface area contributed by atoms with Gasteiger partial charge in [-0.1, -0.05) is 12.1 Å². The number of rotatable bonds is 4. The minimum atomic E-state index is -0.878. The molecule has 0 aliphatic carbocycles. The van der Waals surface area contributed by atoms with Gasteiger partial charge in [0.25, 0.3) is 5.91 Å². The standard InChI is InChI=1S/C30H33NO7/c1-18-14-20-15-19(6-7-24(20)37-18)28(35)31-12-10-30(11-13-31)16-22-26(36-17-30)21-4-3-5-23(32)27(21)38-29(22,2)9-8-25(33)34/h3-7,14-15,22,26,32H,8-13,16-17H2,1-2H3,(H,33,34)/t22-,26+,29+/m1/s1. The molecule has 3 aliphatic rings. The Bertz CT molecular complexity index is 1400. The van der Waals surface area contributed by atoms with E-state index in [2.05, 4.69) is 0 Å². The highest BCUT2D eigenvalue weighted by Gasteiger charge is 2.55. The fraction of sp³-hybridized carbons (Fsp3) is 0.467. The maximum Gasteiger partial charge on any atom is 0.303 e. The number of hydrogen-bond acceptors (Lipinski definition) is 6. The van der Waals surface area contributed by atoms with Gasteiger partial charge in [-0.05, 0) is 75.3 Å². The molecule has 2 fully saturated rings. The second kappa shape index (κ2) is 9.05. The Balaban J connectivity index is 1.21. The van der Waals surface area contributed by atoms with Crippen molar-refractivity contribution in [1.29, 1.82) is 0 Å². The smallest absolute Gasteiger partial charge is 0.303 e. The van der Waals surface area contributed by atoms with Crippen LogP contribution in [0.25, 0.3) is 11.0 Å². The molecule has 0 bridgehead atoms. The van der Waals surface area contributed by atoms with E-state index in [9.17, 15) is 19.8 Å². The molecule has 3 aromatic rings. The van der Waals surface area contributed by atoms with Gasteiger partial charge in [0.1, 0.15) is 16.9 Å². The second-order valence-corrected chi connectivity index (χ2v) is 11.4. The SMILES string of the molecule is Cc1cc2cc(C(=O)N3CCC4(CC3)CO[C@H]3c5cccc(O)c5O[C@@](C)(CCC(=O)O)[C@@H]3C4)ccc2o1. The van der Waals surface area contributed by atoms with Crippen molar-refractivity contribution in [2.45, 2.75) is 57.7 Å². The van der Waals surface area contributed by atoms with Crippen LogP contribution in [0, 0.1) is 18.3 Å². The lowest BCUT2D eigenvalue weighted by molar-refractivity contribution is -0.181. The van der Waals surface area contributed by atoms with E-state index in [1.165, 1.54) is 0 Å². The van der Waals surface area contributed by atoms with Crippen LogP contribution in [0.2, 0.25) is 0 Å². The van der Waals surface area contributed by atoms with Crippen LogP contribution in [0.3, 0.4) is 0 Å². The summed E-state index contributed by atoms with van der Waals surface area (Å²) in [5, 5.41) is 20.8. The van der Waals surface area contributed by atoms with E-state index in [4.69, 9.17) is 13.9 Å². The number of carboxylic acids is 1. The fourth-order valence-electron chi connectivity index (χ4n) is 6.66. The Kier molecular flexibility index (Phi) is 5.90. The van der Waals surface area contributed by atoms with Gasteiger partial charge in [-0.2, -0.15) is 0 Å². The lowest BCUT2D eigenvalue weighted by Crippen LogP contribution is -2.55. The van der Waals surface area contributed by atoms with Crippen molar-refractivity contribution in [3.05, 3.63) is 59.4 Å². The molecule has 8 nitrogen and oxygen atoms in total. The lowest BCUT2D eigenvalue weighted by Gasteiger charge is -2.55. The topological polar surface area (TPSA) is 109 Å². The van der Waals surface area contributed by atoms with Crippen LogP contribution in [-0.2, 0) is 9.53 Å². The molecule has 1 aromatic heterocycles. The summed E-state index contributed by atoms with van der Waals surface area (Å²) in [5.41, 5.74) is 1.34. The lowest BCUT2D eigenvalue weighted by atomic mass is 9.63. The Hall–Kier alpha value is -3.52. The van der Waals surface area contributed by atoms with Crippen LogP contribution in [0.4, 0.5) is 0 Å². The summed E-state index contributed by atoms with van der Waals surface area (Å²) < 4.78 is 18.6. The summed E-state index contributed by atoms with van der Waals surface area (Å²) in [4.78, 5) is 26.7. The van der Waals surface area contributed by atoms with Crippen LogP contribution in [0.1, 0.15) is 66.8 Å². The van der Waals surface area contributed by atoms with Gasteiger partial charge in [-0.3, -0.25) is 9.59 Å². The molecule has 3 aliphatic heterocycles. The van der Waals surface area contributed by atoms with Crippen LogP contribution in [0.5, 0.6) is 11.5 Å². The van der Waals surface area contributed by atoms with Gasteiger partial charge in [0, 0.05) is 41.9 Å². The first-order valence-corrected chi connectivity index (χ1v) is 13.3. The van der Waals surface area contributed by atoms with Crippen molar-refractivity contribution in [3.63, 3.8) is 0 Å². The van der Waals surface area contributed by atoms with E-state index in [0.29, 0.717) is 37.4 Å². The van der Waals surface area contributed by atoms with Crippen molar-refractivity contribution < 1.29 is 33.7 Å². The third-order valence-corrected chi connectivity index (χ3v) is 8.87. The number of ether oxygens (including phenoxy) is 2. The van der Waals surface area contributed by atoms with Crippen LogP contribution >= 0.6 is 0 Å². The number of piperidine rings is 1. The Morgan fingerprint density at radius 2 is 1.92 bits per heavy atom. The summed E-state index contributed by atoms with van der Waals surface area (Å²) in [6.45, 7) is 5.66. The number of phenols is 1. The van der Waals surface area contributed by atoms with E-state index in [0.717, 1.165) is 41.6 Å². The summed E-state index contributed by atoms with van der Waals surface area (Å²) in [7, 11) is 0. The van der Waals surface area contributed by atoms with E-state index in [-0.39, 0.29) is 35.5 Å². The molecular formula is C30H33NO7. The molecule has 0 radical (unpaired) electrons. The number of likely N-dealkylation sites (tertiary alicyclic amines) is 1. The molecule has 38 heavy (non-hydrogen) atoms. The monoisotopic (exact) mass is 519 g/mol. The highest BCUT2D eigenvalue weighted by molar-refractivity contribution is 5.97. The van der Waals surface area contributed by atoms with Gasteiger partial charge in [-0.25, -0.2) is 0 Å². The zero-order chi connectivity index (χ0) is 26.7. The number of carbonyl (C=O) groups excluding carboxylic acids is 1. The van der Waals surface area contributed by atoms with Gasteiger partial charge in [-0.15, -0.1) is 0 Å². The molecule has 3 atom stereocenters. The highest BCUT2D eigenvalue weighted by Crippen LogP contribution is 2.58. The Morgan fingerprint density at radius 1 is 1.13 bits per heavy atom. The summed E-state index contributed by atoms with van der Waals surface area (Å²) in [6, 6.07) is 12.8. The average molecular weight is 520 g/mol. The molecule has 200 valence electrons. The predicted octanol–water partition coefficient (Wildman–Crippen LogP) is 5.46. The molecule has 4 heterocycles. The quantitative estimate of drug-likeness (QED) is 0.471. The Morgan fingerprint density at radius 3 is 2.68 bits per heavy atom. The van der Waals surface area contributed by atoms with Gasteiger partial charge in [0.05, 0.1) is 12.7 Å². The number of aromatic hydroxyl groups is 1. The zero-order valence-corrected chi connectivity index (χ0v) is 21.7. The number of fused-ring (bicyclic) bond motifs is 4. The zero-order valence-electron chi connectivity index (χ0n) is 21.7. The molecule has 1 spiro atoms. The molecule has 2 N–H and O–H groups in total. The maximum atomic E-state index is 13.3. The first-order valence-electron chi connectivity index (χ1n) is 13.3. The van der Waals surface area contributed by atoms with E-state index in [1.54, 1.807) is 12.1 Å². The van der Waals surface area contributed by atoms with Gasteiger partial charge < -0.3 is 29.0 Å². The van der Waals surface area contributed by atoms with Crippen LogP contribution in [0.15, 0.2) is 46.9 Å². The average Bonchev–Trinajstić information content (AvgIpc) is 3.28. The number of para-hydroxylation sites is 1. The number of amides is 1. The largest absolute Gasteiger partial charge is 0.504 e. The third kappa shape index (κ3) is 4.21. The molecule has 1 amide bonds. The van der Waals surface area contributed by atoms with Gasteiger partial charge >= 0.3 is 5.97 Å². The number of phenolic OH excluding ortho intramolecular Hbond substituents is 1. The number of furan rings is 1. The first kappa shape index (κ1) is 24.8. The normalized spacial score (nSPS) is 26.0. The number of carboxylic acid groups (broad SMARTS) is 1. The van der Waals surface area contributed by atoms with E-state index < -0.39 is 11.6 Å². The maximum absolute atomic E-state index is 13.3. The number of aryl methyl sites for hydroxylation is 1. The van der Waals surface area contributed by atoms with Crippen LogP contribution < -0.4 is 4.74 Å². The number of nitrogens with zero attached hydrogens (tertiary/aromatic N) is 1.